The minimum atomic E-state index is -1.09. The normalized spacial score (nSPS) is 10.1. The highest BCUT2D eigenvalue weighted by molar-refractivity contribution is 6.30. The first-order chi connectivity index (χ1) is 8.56. The Bertz CT molecular complexity index is 604. The van der Waals surface area contributed by atoms with Crippen LogP contribution in [-0.4, -0.2) is 16.1 Å². The summed E-state index contributed by atoms with van der Waals surface area (Å²) in [7, 11) is 0. The lowest BCUT2D eigenvalue weighted by molar-refractivity contribution is 0.0696. The highest BCUT2D eigenvalue weighted by Gasteiger charge is 2.07. The van der Waals surface area contributed by atoms with E-state index in [0.717, 1.165) is 6.07 Å². The minimum Gasteiger partial charge on any atom is -0.478 e. The monoisotopic (exact) mass is 267 g/mol. The highest BCUT2D eigenvalue weighted by atomic mass is 35.5. The third kappa shape index (κ3) is 2.75. The predicted octanol–water partition coefficient (Wildman–Crippen LogP) is 3.36. The van der Waals surface area contributed by atoms with E-state index in [2.05, 4.69) is 4.98 Å². The maximum Gasteiger partial charge on any atom is 0.335 e. The second kappa shape index (κ2) is 5.01. The van der Waals surface area contributed by atoms with Crippen molar-refractivity contribution in [2.75, 3.05) is 0 Å². The van der Waals surface area contributed by atoms with Crippen LogP contribution in [0, 0.1) is 5.82 Å². The molecule has 0 bridgehead atoms. The van der Waals surface area contributed by atoms with Gasteiger partial charge in [0.25, 0.3) is 0 Å². The summed E-state index contributed by atoms with van der Waals surface area (Å²) < 4.78 is 18.4. The second-order valence-electron chi connectivity index (χ2n) is 3.37. The van der Waals surface area contributed by atoms with Crippen molar-refractivity contribution >= 4 is 17.6 Å². The molecule has 18 heavy (non-hydrogen) atoms. The van der Waals surface area contributed by atoms with Crippen LogP contribution < -0.4 is 4.74 Å². The molecule has 0 aliphatic rings. The Morgan fingerprint density at radius 3 is 2.78 bits per heavy atom. The van der Waals surface area contributed by atoms with E-state index in [4.69, 9.17) is 21.4 Å². The summed E-state index contributed by atoms with van der Waals surface area (Å²) in [5.41, 5.74) is 0.0365. The van der Waals surface area contributed by atoms with Gasteiger partial charge in [-0.25, -0.2) is 14.2 Å². The molecule has 0 spiro atoms. The zero-order valence-corrected chi connectivity index (χ0v) is 9.69. The fourth-order valence-electron chi connectivity index (χ4n) is 1.26. The zero-order valence-electron chi connectivity index (χ0n) is 8.93. The number of pyridine rings is 1. The van der Waals surface area contributed by atoms with Crippen LogP contribution in [0.2, 0.25) is 5.02 Å². The Morgan fingerprint density at radius 2 is 2.11 bits per heavy atom. The first-order valence-corrected chi connectivity index (χ1v) is 5.26. The molecule has 0 aliphatic carbocycles. The van der Waals surface area contributed by atoms with Gasteiger partial charge >= 0.3 is 5.97 Å². The van der Waals surface area contributed by atoms with Crippen LogP contribution in [0.3, 0.4) is 0 Å². The zero-order chi connectivity index (χ0) is 13.1. The number of ether oxygens (including phenoxy) is 1. The summed E-state index contributed by atoms with van der Waals surface area (Å²) >= 11 is 5.53. The van der Waals surface area contributed by atoms with Crippen LogP contribution in [0.4, 0.5) is 4.39 Å². The van der Waals surface area contributed by atoms with E-state index in [1.165, 1.54) is 30.5 Å². The van der Waals surface area contributed by atoms with Crippen molar-refractivity contribution in [2.24, 2.45) is 0 Å². The van der Waals surface area contributed by atoms with Crippen molar-refractivity contribution in [2.45, 2.75) is 0 Å². The van der Waals surface area contributed by atoms with E-state index in [-0.39, 0.29) is 22.2 Å². The third-order valence-corrected chi connectivity index (χ3v) is 2.40. The van der Waals surface area contributed by atoms with Gasteiger partial charge in [-0.1, -0.05) is 11.6 Å². The summed E-state index contributed by atoms with van der Waals surface area (Å²) in [6.45, 7) is 0. The summed E-state index contributed by atoms with van der Waals surface area (Å²) in [5, 5.41) is 8.78. The lowest BCUT2D eigenvalue weighted by Crippen LogP contribution is -1.97. The van der Waals surface area contributed by atoms with Crippen LogP contribution in [0.15, 0.2) is 36.5 Å². The molecule has 1 aromatic heterocycles. The number of carboxylic acids is 1. The van der Waals surface area contributed by atoms with Gasteiger partial charge in [0, 0.05) is 18.3 Å². The van der Waals surface area contributed by atoms with Gasteiger partial charge in [0.1, 0.15) is 11.6 Å². The Morgan fingerprint density at radius 1 is 1.33 bits per heavy atom. The number of halogens is 2. The Kier molecular flexibility index (Phi) is 3.43. The van der Waals surface area contributed by atoms with Crippen LogP contribution >= 0.6 is 11.6 Å². The quantitative estimate of drug-likeness (QED) is 0.926. The van der Waals surface area contributed by atoms with E-state index in [1.54, 1.807) is 0 Å². The maximum atomic E-state index is 13.2. The second-order valence-corrected chi connectivity index (χ2v) is 3.77. The third-order valence-electron chi connectivity index (χ3n) is 2.10. The van der Waals surface area contributed by atoms with Crippen LogP contribution in [0.5, 0.6) is 11.6 Å². The molecular formula is C12H7ClFNO3. The molecule has 4 nitrogen and oxygen atoms in total. The lowest BCUT2D eigenvalue weighted by Gasteiger charge is -2.05. The van der Waals surface area contributed by atoms with Gasteiger partial charge in [-0.15, -0.1) is 0 Å². The molecule has 92 valence electrons. The molecule has 1 heterocycles. The van der Waals surface area contributed by atoms with Crippen molar-refractivity contribution < 1.29 is 19.0 Å². The lowest BCUT2D eigenvalue weighted by atomic mass is 10.3. The molecule has 0 amide bonds. The van der Waals surface area contributed by atoms with Crippen molar-refractivity contribution in [1.82, 2.24) is 4.98 Å². The van der Waals surface area contributed by atoms with E-state index < -0.39 is 11.8 Å². The topological polar surface area (TPSA) is 59.4 Å². The molecule has 0 fully saturated rings. The van der Waals surface area contributed by atoms with Crippen LogP contribution in [0.25, 0.3) is 0 Å². The van der Waals surface area contributed by atoms with Crippen molar-refractivity contribution in [3.63, 3.8) is 0 Å². The first-order valence-electron chi connectivity index (χ1n) is 4.88. The van der Waals surface area contributed by atoms with Gasteiger partial charge in [0.05, 0.1) is 10.6 Å². The largest absolute Gasteiger partial charge is 0.478 e. The SMILES string of the molecule is O=C(O)c1ccnc(Oc2ccc(Cl)c(F)c2)c1. The molecule has 1 N–H and O–H groups in total. The Labute approximate surface area is 107 Å². The summed E-state index contributed by atoms with van der Waals surface area (Å²) in [5.74, 6) is -1.46. The molecular weight excluding hydrogens is 261 g/mol. The molecule has 0 radical (unpaired) electrons. The predicted molar refractivity (Wildman–Crippen MR) is 62.7 cm³/mol. The number of nitrogens with zero attached hydrogens (tertiary/aromatic N) is 1. The molecule has 0 atom stereocenters. The number of carbonyl (C=O) groups is 1. The van der Waals surface area contributed by atoms with Crippen LogP contribution in [-0.2, 0) is 0 Å². The average molecular weight is 268 g/mol. The molecule has 1 aromatic carbocycles. The molecule has 0 saturated carbocycles. The fraction of sp³-hybridized carbons (Fsp3) is 0. The van der Waals surface area contributed by atoms with Crippen molar-refractivity contribution in [3.05, 3.63) is 52.9 Å². The van der Waals surface area contributed by atoms with Gasteiger partial charge in [-0.3, -0.25) is 0 Å². The number of hydrogen-bond donors (Lipinski definition) is 1. The number of rotatable bonds is 3. The first kappa shape index (κ1) is 12.3. The number of hydrogen-bond acceptors (Lipinski definition) is 3. The Balaban J connectivity index is 2.25. The molecule has 0 saturated heterocycles. The molecule has 2 aromatic rings. The number of aromatic carboxylic acids is 1. The molecule has 6 heteroatoms. The smallest absolute Gasteiger partial charge is 0.335 e. The van der Waals surface area contributed by atoms with Gasteiger partial charge in [-0.05, 0) is 18.2 Å². The van der Waals surface area contributed by atoms with Crippen LogP contribution in [0.1, 0.15) is 10.4 Å². The Hall–Kier alpha value is -2.14. The molecule has 2 rings (SSSR count). The summed E-state index contributed by atoms with van der Waals surface area (Å²) in [6.07, 6.45) is 1.30. The van der Waals surface area contributed by atoms with E-state index >= 15 is 0 Å². The molecule has 0 unspecified atom stereocenters. The van der Waals surface area contributed by atoms with E-state index in [9.17, 15) is 9.18 Å². The maximum absolute atomic E-state index is 13.2. The van der Waals surface area contributed by atoms with Gasteiger partial charge in [0.2, 0.25) is 5.88 Å². The number of aromatic nitrogens is 1. The van der Waals surface area contributed by atoms with E-state index in [0.29, 0.717) is 0 Å². The fourth-order valence-corrected chi connectivity index (χ4v) is 1.38. The standard InChI is InChI=1S/C12H7ClFNO3/c13-9-2-1-8(6-10(9)14)18-11-5-7(12(16)17)3-4-15-11/h1-6H,(H,16,17). The van der Waals surface area contributed by atoms with E-state index in [1.807, 2.05) is 0 Å². The highest BCUT2D eigenvalue weighted by Crippen LogP contribution is 2.24. The molecule has 0 aliphatic heterocycles. The summed E-state index contributed by atoms with van der Waals surface area (Å²) in [6, 6.07) is 6.47. The van der Waals surface area contributed by atoms with Gasteiger partial charge in [0.15, 0.2) is 0 Å². The average Bonchev–Trinajstić information content (AvgIpc) is 2.34. The number of carboxylic acid groups (broad SMARTS) is 1. The summed E-state index contributed by atoms with van der Waals surface area (Å²) in [4.78, 5) is 14.6. The number of benzene rings is 1. The van der Waals surface area contributed by atoms with Gasteiger partial charge < -0.3 is 9.84 Å². The van der Waals surface area contributed by atoms with Gasteiger partial charge in [-0.2, -0.15) is 0 Å². The van der Waals surface area contributed by atoms with Crippen molar-refractivity contribution in [3.8, 4) is 11.6 Å². The minimum absolute atomic E-state index is 0.0189. The van der Waals surface area contributed by atoms with Crippen molar-refractivity contribution in [1.29, 1.82) is 0 Å².